The lowest BCUT2D eigenvalue weighted by Gasteiger charge is -2.15. The number of aliphatic hydroxyl groups is 1. The Morgan fingerprint density at radius 3 is 2.18 bits per heavy atom. The number of fused-ring (bicyclic) bond motifs is 3. The van der Waals surface area contributed by atoms with E-state index in [4.69, 9.17) is 14.9 Å². The SMILES string of the molecule is CC(CCNC(=O)OCC1c2ccccc2-c2ccccc21)CCC(=O)NC[C@H](O)C(=O)O. The zero-order valence-corrected chi connectivity index (χ0v) is 18.6. The summed E-state index contributed by atoms with van der Waals surface area (Å²) in [6.07, 6.45) is -0.591. The van der Waals surface area contributed by atoms with E-state index in [0.717, 1.165) is 11.1 Å². The van der Waals surface area contributed by atoms with Gasteiger partial charge in [-0.25, -0.2) is 9.59 Å². The normalized spacial score (nSPS) is 14.0. The van der Waals surface area contributed by atoms with Crippen LogP contribution in [0.4, 0.5) is 4.79 Å². The fraction of sp³-hybridized carbons (Fsp3) is 0.400. The van der Waals surface area contributed by atoms with E-state index in [0.29, 0.717) is 19.4 Å². The quantitative estimate of drug-likeness (QED) is 0.414. The Kier molecular flexibility index (Phi) is 8.43. The molecule has 33 heavy (non-hydrogen) atoms. The second-order valence-corrected chi connectivity index (χ2v) is 8.34. The van der Waals surface area contributed by atoms with Gasteiger partial charge in [-0.3, -0.25) is 4.79 Å². The lowest BCUT2D eigenvalue weighted by Crippen LogP contribution is -2.36. The van der Waals surface area contributed by atoms with Gasteiger partial charge in [0.2, 0.25) is 5.91 Å². The predicted octanol–water partition coefficient (Wildman–Crippen LogP) is 2.89. The third kappa shape index (κ3) is 6.55. The Bertz CT molecular complexity index is 947. The van der Waals surface area contributed by atoms with Crippen LogP contribution in [-0.2, 0) is 14.3 Å². The summed E-state index contributed by atoms with van der Waals surface area (Å²) >= 11 is 0. The van der Waals surface area contributed by atoms with Crippen molar-refractivity contribution in [3.8, 4) is 11.1 Å². The number of aliphatic carboxylic acids is 1. The maximum absolute atomic E-state index is 12.2. The highest BCUT2D eigenvalue weighted by molar-refractivity contribution is 5.79. The topological polar surface area (TPSA) is 125 Å². The van der Waals surface area contributed by atoms with Gasteiger partial charge in [0.05, 0.1) is 6.54 Å². The first-order chi connectivity index (χ1) is 15.9. The highest BCUT2D eigenvalue weighted by atomic mass is 16.5. The van der Waals surface area contributed by atoms with Crippen molar-refractivity contribution in [1.82, 2.24) is 10.6 Å². The van der Waals surface area contributed by atoms with Gasteiger partial charge in [-0.15, -0.1) is 0 Å². The van der Waals surface area contributed by atoms with Crippen molar-refractivity contribution in [1.29, 1.82) is 0 Å². The van der Waals surface area contributed by atoms with E-state index >= 15 is 0 Å². The van der Waals surface area contributed by atoms with Crippen LogP contribution in [0.5, 0.6) is 0 Å². The van der Waals surface area contributed by atoms with Crippen LogP contribution >= 0.6 is 0 Å². The van der Waals surface area contributed by atoms with E-state index in [2.05, 4.69) is 34.9 Å². The largest absolute Gasteiger partial charge is 0.479 e. The highest BCUT2D eigenvalue weighted by Gasteiger charge is 2.28. The van der Waals surface area contributed by atoms with Gasteiger partial charge >= 0.3 is 12.1 Å². The van der Waals surface area contributed by atoms with E-state index in [1.54, 1.807) is 0 Å². The minimum absolute atomic E-state index is 0.0141. The second-order valence-electron chi connectivity index (χ2n) is 8.34. The molecular formula is C25H30N2O6. The Balaban J connectivity index is 1.36. The first kappa shape index (κ1) is 24.3. The van der Waals surface area contributed by atoms with Crippen LogP contribution in [-0.4, -0.2) is 54.0 Å². The van der Waals surface area contributed by atoms with Crippen molar-refractivity contribution in [2.24, 2.45) is 5.92 Å². The first-order valence-electron chi connectivity index (χ1n) is 11.1. The number of nitrogens with one attached hydrogen (secondary N) is 2. The molecule has 1 unspecified atom stereocenters. The second kappa shape index (κ2) is 11.5. The molecular weight excluding hydrogens is 424 g/mol. The summed E-state index contributed by atoms with van der Waals surface area (Å²) in [5.41, 5.74) is 4.68. The minimum atomic E-state index is -1.60. The number of alkyl carbamates (subject to hydrolysis) is 1. The van der Waals surface area contributed by atoms with Crippen LogP contribution in [0.2, 0.25) is 0 Å². The fourth-order valence-electron chi connectivity index (χ4n) is 3.98. The minimum Gasteiger partial charge on any atom is -0.479 e. The van der Waals surface area contributed by atoms with Gasteiger partial charge < -0.3 is 25.6 Å². The summed E-state index contributed by atoms with van der Waals surface area (Å²) in [5, 5.41) is 22.9. The van der Waals surface area contributed by atoms with Crippen LogP contribution in [0.1, 0.15) is 43.2 Å². The molecule has 1 aliphatic carbocycles. The van der Waals surface area contributed by atoms with Gasteiger partial charge in [0.15, 0.2) is 6.10 Å². The molecule has 0 aromatic heterocycles. The molecule has 4 N–H and O–H groups in total. The summed E-state index contributed by atoms with van der Waals surface area (Å²) in [5.74, 6) is -1.50. The van der Waals surface area contributed by atoms with E-state index in [1.165, 1.54) is 11.1 Å². The molecule has 0 saturated carbocycles. The average Bonchev–Trinajstić information content (AvgIpc) is 3.13. The lowest BCUT2D eigenvalue weighted by molar-refractivity contribution is -0.146. The van der Waals surface area contributed by atoms with Crippen LogP contribution in [0, 0.1) is 5.92 Å². The number of hydrogen-bond acceptors (Lipinski definition) is 5. The number of aliphatic hydroxyl groups excluding tert-OH is 1. The van der Waals surface area contributed by atoms with Crippen LogP contribution in [0.15, 0.2) is 48.5 Å². The van der Waals surface area contributed by atoms with Crippen molar-refractivity contribution in [2.45, 2.75) is 38.2 Å². The molecule has 8 nitrogen and oxygen atoms in total. The van der Waals surface area contributed by atoms with E-state index in [-0.39, 0.29) is 37.3 Å². The lowest BCUT2D eigenvalue weighted by atomic mass is 9.98. The van der Waals surface area contributed by atoms with E-state index in [9.17, 15) is 14.4 Å². The number of carboxylic acid groups (broad SMARTS) is 1. The third-order valence-electron chi connectivity index (χ3n) is 5.89. The molecule has 2 amide bonds. The number of carbonyl (C=O) groups excluding carboxylic acids is 2. The highest BCUT2D eigenvalue weighted by Crippen LogP contribution is 2.44. The summed E-state index contributed by atoms with van der Waals surface area (Å²) in [7, 11) is 0. The summed E-state index contributed by atoms with van der Waals surface area (Å²) in [4.78, 5) is 34.5. The van der Waals surface area contributed by atoms with E-state index in [1.807, 2.05) is 31.2 Å². The Morgan fingerprint density at radius 2 is 1.58 bits per heavy atom. The molecule has 0 bridgehead atoms. The van der Waals surface area contributed by atoms with Crippen LogP contribution < -0.4 is 10.6 Å². The number of carbonyl (C=O) groups is 3. The van der Waals surface area contributed by atoms with Crippen molar-refractivity contribution in [2.75, 3.05) is 19.7 Å². The average molecular weight is 455 g/mol. The van der Waals surface area contributed by atoms with Gasteiger partial charge in [-0.2, -0.15) is 0 Å². The van der Waals surface area contributed by atoms with Crippen molar-refractivity contribution in [3.05, 3.63) is 59.7 Å². The molecule has 8 heteroatoms. The zero-order valence-electron chi connectivity index (χ0n) is 18.6. The molecule has 2 aromatic carbocycles. The molecule has 0 spiro atoms. The summed E-state index contributed by atoms with van der Waals surface area (Å²) < 4.78 is 5.51. The Labute approximate surface area is 193 Å². The van der Waals surface area contributed by atoms with Gasteiger partial charge in [0.1, 0.15) is 6.61 Å². The van der Waals surface area contributed by atoms with Crippen molar-refractivity contribution >= 4 is 18.0 Å². The monoisotopic (exact) mass is 454 g/mol. The molecule has 176 valence electrons. The van der Waals surface area contributed by atoms with Crippen LogP contribution in [0.25, 0.3) is 11.1 Å². The van der Waals surface area contributed by atoms with Gasteiger partial charge in [0.25, 0.3) is 0 Å². The zero-order chi connectivity index (χ0) is 23.8. The number of carboxylic acids is 1. The van der Waals surface area contributed by atoms with Gasteiger partial charge in [0, 0.05) is 18.9 Å². The summed E-state index contributed by atoms with van der Waals surface area (Å²) in [6, 6.07) is 16.3. The number of rotatable bonds is 11. The Morgan fingerprint density at radius 1 is 0.970 bits per heavy atom. The van der Waals surface area contributed by atoms with E-state index < -0.39 is 18.2 Å². The molecule has 3 rings (SSSR count). The Hall–Kier alpha value is -3.39. The molecule has 0 heterocycles. The fourth-order valence-corrected chi connectivity index (χ4v) is 3.98. The molecule has 0 fully saturated rings. The molecule has 0 aliphatic heterocycles. The smallest absolute Gasteiger partial charge is 0.407 e. The predicted molar refractivity (Wildman–Crippen MR) is 123 cm³/mol. The first-order valence-corrected chi connectivity index (χ1v) is 11.1. The number of ether oxygens (including phenoxy) is 1. The molecule has 0 saturated heterocycles. The van der Waals surface area contributed by atoms with Gasteiger partial charge in [-0.1, -0.05) is 55.5 Å². The number of hydrogen-bond donors (Lipinski definition) is 4. The molecule has 0 radical (unpaired) electrons. The standard InChI is InChI=1S/C25H30N2O6/c1-16(10-11-23(29)27-14-22(28)24(30)31)12-13-26-25(32)33-15-21-19-8-4-2-6-17(19)18-7-3-5-9-20(18)21/h2-9,16,21-22,28H,10-15H2,1H3,(H,26,32)(H,27,29)(H,30,31)/t16?,22-/m0/s1. The number of amides is 2. The third-order valence-corrected chi connectivity index (χ3v) is 5.89. The maximum atomic E-state index is 12.2. The maximum Gasteiger partial charge on any atom is 0.407 e. The van der Waals surface area contributed by atoms with Crippen LogP contribution in [0.3, 0.4) is 0 Å². The van der Waals surface area contributed by atoms with Crippen molar-refractivity contribution in [3.63, 3.8) is 0 Å². The summed E-state index contributed by atoms with van der Waals surface area (Å²) in [6.45, 7) is 2.35. The van der Waals surface area contributed by atoms with Crippen molar-refractivity contribution < 1.29 is 29.3 Å². The molecule has 1 aliphatic rings. The van der Waals surface area contributed by atoms with Gasteiger partial charge in [-0.05, 0) is 41.0 Å². The number of benzene rings is 2. The molecule has 2 aromatic rings. The molecule has 2 atom stereocenters.